The van der Waals surface area contributed by atoms with E-state index in [1.807, 2.05) is 6.92 Å². The van der Waals surface area contributed by atoms with Crippen LogP contribution in [0.2, 0.25) is 0 Å². The highest BCUT2D eigenvalue weighted by Crippen LogP contribution is 2.34. The maximum atomic E-state index is 12.1. The fourth-order valence-corrected chi connectivity index (χ4v) is 3.08. The molecule has 4 heteroatoms. The van der Waals surface area contributed by atoms with Gasteiger partial charge in [-0.3, -0.25) is 4.79 Å². The lowest BCUT2D eigenvalue weighted by Gasteiger charge is -2.19. The Kier molecular flexibility index (Phi) is 4.83. The molecule has 108 valence electrons. The Hall–Kier alpha value is -1.06. The Morgan fingerprint density at radius 2 is 1.68 bits per heavy atom. The molecule has 0 aromatic carbocycles. The lowest BCUT2D eigenvalue weighted by atomic mass is 9.93. The van der Waals surface area contributed by atoms with Crippen LogP contribution in [-0.4, -0.2) is 23.0 Å². The number of carboxylic acids is 1. The summed E-state index contributed by atoms with van der Waals surface area (Å²) < 4.78 is 0. The Labute approximate surface area is 115 Å². The molecule has 0 aromatic rings. The van der Waals surface area contributed by atoms with E-state index in [4.69, 9.17) is 5.11 Å². The summed E-state index contributed by atoms with van der Waals surface area (Å²) >= 11 is 0. The number of hydrogen-bond acceptors (Lipinski definition) is 2. The first-order valence-electron chi connectivity index (χ1n) is 7.59. The first-order valence-corrected chi connectivity index (χ1v) is 7.59. The molecular formula is C15H25NO3. The van der Waals surface area contributed by atoms with Gasteiger partial charge in [-0.1, -0.05) is 45.4 Å². The minimum Gasteiger partial charge on any atom is -0.480 e. The van der Waals surface area contributed by atoms with Crippen molar-refractivity contribution in [2.45, 2.75) is 64.3 Å². The Balaban J connectivity index is 1.77. The van der Waals surface area contributed by atoms with E-state index in [-0.39, 0.29) is 11.8 Å². The van der Waals surface area contributed by atoms with Crippen molar-refractivity contribution < 1.29 is 14.7 Å². The quantitative estimate of drug-likeness (QED) is 0.745. The molecule has 0 heterocycles. The highest BCUT2D eigenvalue weighted by atomic mass is 16.4. The average Bonchev–Trinajstić information content (AvgIpc) is 3.03. The van der Waals surface area contributed by atoms with Gasteiger partial charge in [0.25, 0.3) is 0 Å². The largest absolute Gasteiger partial charge is 0.480 e. The fourth-order valence-electron chi connectivity index (χ4n) is 3.08. The summed E-state index contributed by atoms with van der Waals surface area (Å²) in [6.45, 7) is 1.92. The summed E-state index contributed by atoms with van der Waals surface area (Å²) in [5.41, 5.74) is 0. The molecular weight excluding hydrogens is 242 g/mol. The summed E-state index contributed by atoms with van der Waals surface area (Å²) in [5, 5.41) is 11.9. The van der Waals surface area contributed by atoms with E-state index < -0.39 is 12.0 Å². The summed E-state index contributed by atoms with van der Waals surface area (Å²) in [5.74, 6) is 0.122. The number of rotatable bonds is 7. The topological polar surface area (TPSA) is 66.4 Å². The Morgan fingerprint density at radius 1 is 1.11 bits per heavy atom. The van der Waals surface area contributed by atoms with Gasteiger partial charge in [-0.05, 0) is 24.7 Å². The van der Waals surface area contributed by atoms with Crippen molar-refractivity contribution in [3.8, 4) is 0 Å². The van der Waals surface area contributed by atoms with E-state index in [2.05, 4.69) is 5.32 Å². The monoisotopic (exact) mass is 267 g/mol. The van der Waals surface area contributed by atoms with Crippen LogP contribution in [0.3, 0.4) is 0 Å². The zero-order valence-corrected chi connectivity index (χ0v) is 11.7. The molecule has 2 fully saturated rings. The third-order valence-corrected chi connectivity index (χ3v) is 4.49. The van der Waals surface area contributed by atoms with Crippen LogP contribution in [0, 0.1) is 17.8 Å². The number of hydrogen-bond donors (Lipinski definition) is 2. The highest BCUT2D eigenvalue weighted by Gasteiger charge is 2.31. The van der Waals surface area contributed by atoms with Gasteiger partial charge in [0, 0.05) is 5.92 Å². The van der Waals surface area contributed by atoms with Gasteiger partial charge in [-0.2, -0.15) is 0 Å². The number of carbonyl (C=O) groups is 2. The van der Waals surface area contributed by atoms with E-state index in [1.54, 1.807) is 0 Å². The average molecular weight is 267 g/mol. The van der Waals surface area contributed by atoms with Crippen LogP contribution < -0.4 is 5.32 Å². The highest BCUT2D eigenvalue weighted by molar-refractivity contribution is 5.84. The van der Waals surface area contributed by atoms with Gasteiger partial charge in [-0.15, -0.1) is 0 Å². The molecule has 0 spiro atoms. The Bertz CT molecular complexity index is 332. The lowest BCUT2D eigenvalue weighted by molar-refractivity contribution is -0.142. The molecule has 0 saturated heterocycles. The predicted octanol–water partition coefficient (Wildman–Crippen LogP) is 2.57. The summed E-state index contributed by atoms with van der Waals surface area (Å²) in [6.07, 6.45) is 8.72. The molecule has 2 saturated carbocycles. The van der Waals surface area contributed by atoms with E-state index in [0.717, 1.165) is 19.3 Å². The van der Waals surface area contributed by atoms with Crippen molar-refractivity contribution in [1.29, 1.82) is 0 Å². The number of amides is 1. The standard InChI is InChI=1S/C15H25NO3/c1-10(8-11-4-2-3-5-11)14(17)16-13(15(18)19)9-12-6-7-12/h10-13H,2-9H2,1H3,(H,16,17)(H,18,19). The zero-order chi connectivity index (χ0) is 13.8. The molecule has 0 radical (unpaired) electrons. The molecule has 0 aliphatic heterocycles. The van der Waals surface area contributed by atoms with Gasteiger partial charge in [-0.25, -0.2) is 4.79 Å². The first kappa shape index (κ1) is 14.4. The number of carbonyl (C=O) groups excluding carboxylic acids is 1. The van der Waals surface area contributed by atoms with Gasteiger partial charge in [0.05, 0.1) is 0 Å². The second-order valence-electron chi connectivity index (χ2n) is 6.37. The number of aliphatic carboxylic acids is 1. The van der Waals surface area contributed by atoms with Crippen molar-refractivity contribution in [3.63, 3.8) is 0 Å². The van der Waals surface area contributed by atoms with Gasteiger partial charge in [0.1, 0.15) is 6.04 Å². The summed E-state index contributed by atoms with van der Waals surface area (Å²) in [6, 6.07) is -0.689. The van der Waals surface area contributed by atoms with Crippen molar-refractivity contribution >= 4 is 11.9 Å². The second kappa shape index (κ2) is 6.40. The normalized spacial score (nSPS) is 23.0. The third-order valence-electron chi connectivity index (χ3n) is 4.49. The number of carboxylic acid groups (broad SMARTS) is 1. The van der Waals surface area contributed by atoms with Crippen LogP contribution in [0.25, 0.3) is 0 Å². The lowest BCUT2D eigenvalue weighted by Crippen LogP contribution is -2.43. The maximum Gasteiger partial charge on any atom is 0.326 e. The van der Waals surface area contributed by atoms with Gasteiger partial charge in [0.2, 0.25) is 5.91 Å². The molecule has 2 aliphatic carbocycles. The zero-order valence-electron chi connectivity index (χ0n) is 11.7. The van der Waals surface area contributed by atoms with E-state index in [9.17, 15) is 9.59 Å². The molecule has 2 aliphatic rings. The van der Waals surface area contributed by atoms with Crippen LogP contribution in [0.5, 0.6) is 0 Å². The molecule has 19 heavy (non-hydrogen) atoms. The van der Waals surface area contributed by atoms with Crippen molar-refractivity contribution in [3.05, 3.63) is 0 Å². The molecule has 2 N–H and O–H groups in total. The number of nitrogens with one attached hydrogen (secondary N) is 1. The fraction of sp³-hybridized carbons (Fsp3) is 0.867. The van der Waals surface area contributed by atoms with Crippen LogP contribution >= 0.6 is 0 Å². The molecule has 2 rings (SSSR count). The molecule has 2 unspecified atom stereocenters. The summed E-state index contributed by atoms with van der Waals surface area (Å²) in [4.78, 5) is 23.2. The molecule has 4 nitrogen and oxygen atoms in total. The van der Waals surface area contributed by atoms with E-state index in [1.165, 1.54) is 25.7 Å². The minimum atomic E-state index is -0.895. The van der Waals surface area contributed by atoms with Crippen molar-refractivity contribution in [2.24, 2.45) is 17.8 Å². The minimum absolute atomic E-state index is 0.0656. The van der Waals surface area contributed by atoms with Crippen LogP contribution in [-0.2, 0) is 9.59 Å². The van der Waals surface area contributed by atoms with Crippen LogP contribution in [0.4, 0.5) is 0 Å². The van der Waals surface area contributed by atoms with E-state index in [0.29, 0.717) is 18.3 Å². The van der Waals surface area contributed by atoms with Gasteiger partial charge >= 0.3 is 5.97 Å². The van der Waals surface area contributed by atoms with E-state index >= 15 is 0 Å². The first-order chi connectivity index (χ1) is 9.06. The maximum absolute atomic E-state index is 12.1. The smallest absolute Gasteiger partial charge is 0.326 e. The molecule has 0 aromatic heterocycles. The molecule has 0 bridgehead atoms. The molecule has 2 atom stereocenters. The summed E-state index contributed by atoms with van der Waals surface area (Å²) in [7, 11) is 0. The molecule has 1 amide bonds. The third kappa shape index (κ3) is 4.51. The Morgan fingerprint density at radius 3 is 2.21 bits per heavy atom. The van der Waals surface area contributed by atoms with Crippen LogP contribution in [0.1, 0.15) is 58.3 Å². The van der Waals surface area contributed by atoms with Gasteiger partial charge < -0.3 is 10.4 Å². The predicted molar refractivity (Wildman–Crippen MR) is 72.6 cm³/mol. The van der Waals surface area contributed by atoms with Crippen molar-refractivity contribution in [2.75, 3.05) is 0 Å². The SMILES string of the molecule is CC(CC1CCCC1)C(=O)NC(CC1CC1)C(=O)O. The second-order valence-corrected chi connectivity index (χ2v) is 6.37. The van der Waals surface area contributed by atoms with Crippen molar-refractivity contribution in [1.82, 2.24) is 5.32 Å². The van der Waals surface area contributed by atoms with Gasteiger partial charge in [0.15, 0.2) is 0 Å². The van der Waals surface area contributed by atoms with Crippen LogP contribution in [0.15, 0.2) is 0 Å².